The van der Waals surface area contributed by atoms with Crippen LogP contribution in [0, 0.1) is 0 Å². The Labute approximate surface area is 120 Å². The van der Waals surface area contributed by atoms with Gasteiger partial charge in [0, 0.05) is 5.56 Å². The zero-order chi connectivity index (χ0) is 13.8. The molecule has 0 radical (unpaired) electrons. The van der Waals surface area contributed by atoms with Gasteiger partial charge in [0.25, 0.3) is 0 Å². The number of benzene rings is 1. The van der Waals surface area contributed by atoms with Gasteiger partial charge in [-0.3, -0.25) is 10.1 Å². The number of hydrogen-bond acceptors (Lipinski definition) is 4. The minimum absolute atomic E-state index is 0.0812. The fraction of sp³-hybridized carbons (Fsp3) is 0.364. The number of rotatable bonds is 0. The van der Waals surface area contributed by atoms with Crippen molar-refractivity contribution >= 4 is 38.9 Å². The summed E-state index contributed by atoms with van der Waals surface area (Å²) in [7, 11) is -3.43. The summed E-state index contributed by atoms with van der Waals surface area (Å²) in [6.45, 7) is 0.304. The summed E-state index contributed by atoms with van der Waals surface area (Å²) in [5, 5.41) is 6.10. The van der Waals surface area contributed by atoms with Crippen LogP contribution >= 0.6 is 23.2 Å². The van der Waals surface area contributed by atoms with Crippen molar-refractivity contribution in [2.75, 3.05) is 12.4 Å². The van der Waals surface area contributed by atoms with Crippen molar-refractivity contribution in [1.82, 2.24) is 10.6 Å². The third-order valence-electron chi connectivity index (χ3n) is 3.59. The van der Waals surface area contributed by atoms with Crippen LogP contribution in [0.15, 0.2) is 17.0 Å². The van der Waals surface area contributed by atoms with E-state index in [0.717, 1.165) is 0 Å². The van der Waals surface area contributed by atoms with Crippen LogP contribution in [0.3, 0.4) is 0 Å². The molecule has 3 rings (SSSR count). The Hall–Kier alpha value is -0.820. The summed E-state index contributed by atoms with van der Waals surface area (Å²) in [6, 6.07) is 2.79. The monoisotopic (exact) mass is 320 g/mol. The lowest BCUT2D eigenvalue weighted by atomic mass is 9.87. The van der Waals surface area contributed by atoms with Crippen molar-refractivity contribution in [2.24, 2.45) is 0 Å². The van der Waals surface area contributed by atoms with Crippen LogP contribution in [0.4, 0.5) is 0 Å². The molecule has 1 spiro atoms. The average Bonchev–Trinajstić information content (AvgIpc) is 2.70. The first-order chi connectivity index (χ1) is 8.87. The van der Waals surface area contributed by atoms with Gasteiger partial charge in [0.2, 0.25) is 5.91 Å². The van der Waals surface area contributed by atoms with Gasteiger partial charge in [-0.05, 0) is 18.6 Å². The highest BCUT2D eigenvalue weighted by Crippen LogP contribution is 2.42. The van der Waals surface area contributed by atoms with Crippen LogP contribution in [-0.4, -0.2) is 26.7 Å². The molecule has 19 heavy (non-hydrogen) atoms. The SMILES string of the molecule is O=C1NCNC12CCS(=O)(=O)c1cc(Cl)c(Cl)cc12. The van der Waals surface area contributed by atoms with Crippen LogP contribution in [0.2, 0.25) is 10.0 Å². The molecule has 2 aliphatic heterocycles. The fourth-order valence-electron chi connectivity index (χ4n) is 2.58. The molecule has 0 aliphatic carbocycles. The van der Waals surface area contributed by atoms with E-state index >= 15 is 0 Å². The molecule has 5 nitrogen and oxygen atoms in total. The Morgan fingerprint density at radius 1 is 1.21 bits per heavy atom. The fourth-order valence-corrected chi connectivity index (χ4v) is 4.63. The van der Waals surface area contributed by atoms with Crippen LogP contribution in [0.1, 0.15) is 12.0 Å². The van der Waals surface area contributed by atoms with E-state index < -0.39 is 15.4 Å². The molecule has 8 heteroatoms. The summed E-state index contributed by atoms with van der Waals surface area (Å²) in [6.07, 6.45) is 0.187. The topological polar surface area (TPSA) is 75.3 Å². The Bertz CT molecular complexity index is 689. The lowest BCUT2D eigenvalue weighted by Gasteiger charge is -2.33. The molecule has 0 saturated carbocycles. The summed E-state index contributed by atoms with van der Waals surface area (Å²) < 4.78 is 24.2. The minimum Gasteiger partial charge on any atom is -0.342 e. The smallest absolute Gasteiger partial charge is 0.246 e. The van der Waals surface area contributed by atoms with Crippen molar-refractivity contribution in [2.45, 2.75) is 16.9 Å². The van der Waals surface area contributed by atoms with Gasteiger partial charge in [-0.1, -0.05) is 23.2 Å². The van der Waals surface area contributed by atoms with E-state index in [1.165, 1.54) is 12.1 Å². The molecule has 1 aromatic carbocycles. The second kappa shape index (κ2) is 4.09. The first-order valence-electron chi connectivity index (χ1n) is 5.62. The molecule has 1 saturated heterocycles. The van der Waals surface area contributed by atoms with Gasteiger partial charge in [0.1, 0.15) is 5.54 Å². The maximum absolute atomic E-state index is 12.1. The maximum Gasteiger partial charge on any atom is 0.246 e. The van der Waals surface area contributed by atoms with Crippen LogP contribution in [0.25, 0.3) is 0 Å². The molecule has 102 valence electrons. The molecule has 2 aliphatic rings. The first-order valence-corrected chi connectivity index (χ1v) is 8.03. The molecule has 1 unspecified atom stereocenters. The summed E-state index contributed by atoms with van der Waals surface area (Å²) in [4.78, 5) is 12.2. The van der Waals surface area contributed by atoms with Gasteiger partial charge in [-0.2, -0.15) is 0 Å². The van der Waals surface area contributed by atoms with Crippen LogP contribution in [0.5, 0.6) is 0 Å². The number of sulfone groups is 1. The highest BCUT2D eigenvalue weighted by Gasteiger charge is 2.50. The molecule has 1 amide bonds. The Morgan fingerprint density at radius 3 is 2.53 bits per heavy atom. The van der Waals surface area contributed by atoms with Crippen molar-refractivity contribution in [1.29, 1.82) is 0 Å². The van der Waals surface area contributed by atoms with Gasteiger partial charge in [0.15, 0.2) is 9.84 Å². The first kappa shape index (κ1) is 13.2. The molecule has 0 bridgehead atoms. The van der Waals surface area contributed by atoms with E-state index in [2.05, 4.69) is 10.6 Å². The molecule has 1 aromatic rings. The minimum atomic E-state index is -3.43. The Morgan fingerprint density at radius 2 is 1.89 bits per heavy atom. The van der Waals surface area contributed by atoms with Gasteiger partial charge >= 0.3 is 0 Å². The summed E-state index contributed by atoms with van der Waals surface area (Å²) in [5.74, 6) is -0.333. The van der Waals surface area contributed by atoms with Crippen molar-refractivity contribution in [3.63, 3.8) is 0 Å². The van der Waals surface area contributed by atoms with Crippen molar-refractivity contribution in [3.8, 4) is 0 Å². The average molecular weight is 321 g/mol. The third kappa shape index (κ3) is 1.78. The van der Waals surface area contributed by atoms with Gasteiger partial charge in [-0.25, -0.2) is 8.42 Å². The van der Waals surface area contributed by atoms with Gasteiger partial charge in [0.05, 0.1) is 27.4 Å². The second-order valence-electron chi connectivity index (χ2n) is 4.60. The molecule has 0 aromatic heterocycles. The summed E-state index contributed by atoms with van der Waals surface area (Å²) in [5.41, 5.74) is -0.641. The molecular weight excluding hydrogens is 311 g/mol. The lowest BCUT2D eigenvalue weighted by molar-refractivity contribution is -0.124. The predicted octanol–water partition coefficient (Wildman–Crippen LogP) is 1.04. The highest BCUT2D eigenvalue weighted by atomic mass is 35.5. The lowest BCUT2D eigenvalue weighted by Crippen LogP contribution is -2.48. The van der Waals surface area contributed by atoms with E-state index in [0.29, 0.717) is 12.2 Å². The van der Waals surface area contributed by atoms with Crippen LogP contribution in [-0.2, 0) is 20.2 Å². The van der Waals surface area contributed by atoms with E-state index in [9.17, 15) is 13.2 Å². The standard InChI is InChI=1S/C11H10Cl2N2O3S/c12-7-3-6-9(4-8(7)13)19(17,18)2-1-11(6)10(16)14-5-15-11/h3-4,15H,1-2,5H2,(H,14,16). The number of nitrogens with one attached hydrogen (secondary N) is 2. The Balaban J connectivity index is 2.33. The zero-order valence-corrected chi connectivity index (χ0v) is 12.0. The predicted molar refractivity (Wildman–Crippen MR) is 71.0 cm³/mol. The zero-order valence-electron chi connectivity index (χ0n) is 9.66. The van der Waals surface area contributed by atoms with Crippen molar-refractivity contribution < 1.29 is 13.2 Å². The number of hydrogen-bond donors (Lipinski definition) is 2. The number of fused-ring (bicyclic) bond motifs is 2. The number of halogens is 2. The Kier molecular flexibility index (Phi) is 2.83. The number of carbonyl (C=O) groups excluding carboxylic acids is 1. The highest BCUT2D eigenvalue weighted by molar-refractivity contribution is 7.91. The van der Waals surface area contributed by atoms with E-state index in [-0.39, 0.29) is 33.0 Å². The molecule has 1 fully saturated rings. The number of carbonyl (C=O) groups is 1. The van der Waals surface area contributed by atoms with Crippen LogP contribution < -0.4 is 10.6 Å². The number of amides is 1. The largest absolute Gasteiger partial charge is 0.342 e. The third-order valence-corrected chi connectivity index (χ3v) is 6.06. The molecular formula is C11H10Cl2N2O3S. The molecule has 2 heterocycles. The van der Waals surface area contributed by atoms with Gasteiger partial charge in [-0.15, -0.1) is 0 Å². The van der Waals surface area contributed by atoms with E-state index in [4.69, 9.17) is 23.2 Å². The second-order valence-corrected chi connectivity index (χ2v) is 7.49. The van der Waals surface area contributed by atoms with E-state index in [1.807, 2.05) is 0 Å². The van der Waals surface area contributed by atoms with Crippen molar-refractivity contribution in [3.05, 3.63) is 27.7 Å². The van der Waals surface area contributed by atoms with E-state index in [1.54, 1.807) is 0 Å². The molecule has 2 N–H and O–H groups in total. The molecule has 1 atom stereocenters. The van der Waals surface area contributed by atoms with Gasteiger partial charge < -0.3 is 5.32 Å². The normalized spacial score (nSPS) is 28.2. The summed E-state index contributed by atoms with van der Waals surface area (Å²) >= 11 is 11.8. The maximum atomic E-state index is 12.1. The quantitative estimate of drug-likeness (QED) is 0.749.